The second-order valence-corrected chi connectivity index (χ2v) is 5.64. The van der Waals surface area contributed by atoms with Gasteiger partial charge < -0.3 is 14.6 Å². The quantitative estimate of drug-likeness (QED) is 0.891. The van der Waals surface area contributed by atoms with Crippen LogP contribution in [0, 0.1) is 19.8 Å². The molecule has 1 aromatic heterocycles. The molecule has 2 fully saturated rings. The fourth-order valence-corrected chi connectivity index (χ4v) is 2.53. The van der Waals surface area contributed by atoms with Gasteiger partial charge in [0.15, 0.2) is 0 Å². The van der Waals surface area contributed by atoms with Gasteiger partial charge in [0, 0.05) is 13.0 Å². The molecule has 108 valence electrons. The van der Waals surface area contributed by atoms with Crippen LogP contribution in [0.4, 0.5) is 0 Å². The molecule has 1 aliphatic carbocycles. The summed E-state index contributed by atoms with van der Waals surface area (Å²) in [5, 5.41) is 2.84. The van der Waals surface area contributed by atoms with Crippen LogP contribution in [-0.2, 0) is 16.1 Å². The van der Waals surface area contributed by atoms with Crippen LogP contribution in [0.3, 0.4) is 0 Å². The number of nitrogens with zero attached hydrogens (tertiary/aromatic N) is 2. The van der Waals surface area contributed by atoms with Gasteiger partial charge in [-0.25, -0.2) is 4.98 Å². The molecule has 0 spiro atoms. The van der Waals surface area contributed by atoms with Crippen LogP contribution >= 0.6 is 0 Å². The summed E-state index contributed by atoms with van der Waals surface area (Å²) >= 11 is 0. The topological polar surface area (TPSA) is 75.4 Å². The van der Waals surface area contributed by atoms with Crippen molar-refractivity contribution in [2.75, 3.05) is 6.54 Å². The summed E-state index contributed by atoms with van der Waals surface area (Å²) in [4.78, 5) is 30.2. The maximum absolute atomic E-state index is 12.5. The predicted molar refractivity (Wildman–Crippen MR) is 70.7 cm³/mol. The average Bonchev–Trinajstić information content (AvgIpc) is 3.19. The Morgan fingerprint density at radius 1 is 1.35 bits per heavy atom. The molecule has 6 heteroatoms. The van der Waals surface area contributed by atoms with Crippen molar-refractivity contribution in [3.63, 3.8) is 0 Å². The zero-order chi connectivity index (χ0) is 14.3. The van der Waals surface area contributed by atoms with Gasteiger partial charge in [-0.3, -0.25) is 9.59 Å². The molecular weight excluding hydrogens is 258 g/mol. The van der Waals surface area contributed by atoms with Crippen molar-refractivity contribution in [2.24, 2.45) is 5.92 Å². The van der Waals surface area contributed by atoms with E-state index < -0.39 is 0 Å². The van der Waals surface area contributed by atoms with E-state index in [1.54, 1.807) is 4.90 Å². The molecule has 1 unspecified atom stereocenters. The Bertz CT molecular complexity index is 528. The van der Waals surface area contributed by atoms with E-state index in [2.05, 4.69) is 10.3 Å². The van der Waals surface area contributed by atoms with Gasteiger partial charge in [-0.2, -0.15) is 0 Å². The van der Waals surface area contributed by atoms with Crippen molar-refractivity contribution >= 4 is 11.8 Å². The molecule has 1 aliphatic heterocycles. The number of rotatable bonds is 3. The molecule has 1 saturated heterocycles. The standard InChI is InChI=1S/C14H19N3O3/c1-8-9(2)20-12(15-8)7-17-6-5-11(18)16-13(14(17)19)10-3-4-10/h10,13H,3-7H2,1-2H3,(H,16,18). The molecule has 20 heavy (non-hydrogen) atoms. The molecule has 0 aromatic carbocycles. The number of oxazole rings is 1. The lowest BCUT2D eigenvalue weighted by molar-refractivity contribution is -0.134. The summed E-state index contributed by atoms with van der Waals surface area (Å²) in [5.41, 5.74) is 0.843. The van der Waals surface area contributed by atoms with E-state index in [4.69, 9.17) is 4.42 Å². The summed E-state index contributed by atoms with van der Waals surface area (Å²) in [6.45, 7) is 4.50. The molecule has 0 radical (unpaired) electrons. The van der Waals surface area contributed by atoms with Gasteiger partial charge in [-0.05, 0) is 32.6 Å². The first kappa shape index (κ1) is 13.1. The second kappa shape index (κ2) is 4.92. The van der Waals surface area contributed by atoms with E-state index >= 15 is 0 Å². The van der Waals surface area contributed by atoms with Crippen LogP contribution < -0.4 is 5.32 Å². The minimum absolute atomic E-state index is 0.00754. The van der Waals surface area contributed by atoms with Crippen LogP contribution in [0.1, 0.15) is 36.6 Å². The number of hydrogen-bond acceptors (Lipinski definition) is 4. The zero-order valence-electron chi connectivity index (χ0n) is 11.8. The molecular formula is C14H19N3O3. The van der Waals surface area contributed by atoms with Gasteiger partial charge in [0.05, 0.1) is 12.2 Å². The van der Waals surface area contributed by atoms with Crippen LogP contribution in [0.25, 0.3) is 0 Å². The molecule has 2 amide bonds. The fourth-order valence-electron chi connectivity index (χ4n) is 2.53. The number of hydrogen-bond donors (Lipinski definition) is 1. The van der Waals surface area contributed by atoms with Gasteiger partial charge in [-0.1, -0.05) is 0 Å². The lowest BCUT2D eigenvalue weighted by Gasteiger charge is -2.22. The van der Waals surface area contributed by atoms with Crippen molar-refractivity contribution in [2.45, 2.75) is 45.7 Å². The maximum Gasteiger partial charge on any atom is 0.245 e. The largest absolute Gasteiger partial charge is 0.444 e. The highest BCUT2D eigenvalue weighted by molar-refractivity contribution is 5.90. The molecule has 1 atom stereocenters. The maximum atomic E-state index is 12.5. The number of nitrogens with one attached hydrogen (secondary N) is 1. The fraction of sp³-hybridized carbons (Fsp3) is 0.643. The van der Waals surface area contributed by atoms with Gasteiger partial charge in [-0.15, -0.1) is 0 Å². The predicted octanol–water partition coefficient (Wildman–Crippen LogP) is 0.919. The van der Waals surface area contributed by atoms with Gasteiger partial charge >= 0.3 is 0 Å². The van der Waals surface area contributed by atoms with Gasteiger partial charge in [0.25, 0.3) is 0 Å². The highest BCUT2D eigenvalue weighted by Gasteiger charge is 2.41. The minimum Gasteiger partial charge on any atom is -0.444 e. The van der Waals surface area contributed by atoms with Crippen LogP contribution in [-0.4, -0.2) is 34.3 Å². The van der Waals surface area contributed by atoms with Crippen LogP contribution in [0.5, 0.6) is 0 Å². The first-order chi connectivity index (χ1) is 9.54. The average molecular weight is 277 g/mol. The Labute approximate surface area is 117 Å². The zero-order valence-corrected chi connectivity index (χ0v) is 11.8. The summed E-state index contributed by atoms with van der Waals surface area (Å²) in [5.74, 6) is 1.57. The third kappa shape index (κ3) is 2.55. The first-order valence-electron chi connectivity index (χ1n) is 7.05. The Morgan fingerprint density at radius 2 is 2.10 bits per heavy atom. The van der Waals surface area contributed by atoms with E-state index in [-0.39, 0.29) is 17.9 Å². The summed E-state index contributed by atoms with van der Waals surface area (Å²) in [6, 6.07) is -0.359. The molecule has 2 heterocycles. The third-order valence-electron chi connectivity index (χ3n) is 4.00. The van der Waals surface area contributed by atoms with E-state index in [1.807, 2.05) is 13.8 Å². The molecule has 6 nitrogen and oxygen atoms in total. The van der Waals surface area contributed by atoms with E-state index in [1.165, 1.54) is 0 Å². The third-order valence-corrected chi connectivity index (χ3v) is 4.00. The lowest BCUT2D eigenvalue weighted by atomic mass is 10.1. The monoisotopic (exact) mass is 277 g/mol. The van der Waals surface area contributed by atoms with E-state index in [0.29, 0.717) is 31.3 Å². The first-order valence-corrected chi connectivity index (χ1v) is 7.05. The Kier molecular flexibility index (Phi) is 3.23. The van der Waals surface area contributed by atoms with Crippen molar-refractivity contribution in [1.82, 2.24) is 15.2 Å². The number of aryl methyl sites for hydroxylation is 2. The Balaban J connectivity index is 1.76. The molecule has 1 N–H and O–H groups in total. The number of carbonyl (C=O) groups excluding carboxylic acids is 2. The highest BCUT2D eigenvalue weighted by Crippen LogP contribution is 2.34. The number of aromatic nitrogens is 1. The summed E-state index contributed by atoms with van der Waals surface area (Å²) < 4.78 is 5.53. The van der Waals surface area contributed by atoms with Crippen molar-refractivity contribution < 1.29 is 14.0 Å². The summed E-state index contributed by atoms with van der Waals surface area (Å²) in [7, 11) is 0. The molecule has 0 bridgehead atoms. The van der Waals surface area contributed by atoms with Crippen molar-refractivity contribution in [3.8, 4) is 0 Å². The van der Waals surface area contributed by atoms with E-state index in [0.717, 1.165) is 24.3 Å². The second-order valence-electron chi connectivity index (χ2n) is 5.64. The summed E-state index contributed by atoms with van der Waals surface area (Å²) in [6.07, 6.45) is 2.37. The normalized spacial score (nSPS) is 23.7. The Hall–Kier alpha value is -1.85. The van der Waals surface area contributed by atoms with Crippen LogP contribution in [0.2, 0.25) is 0 Å². The minimum atomic E-state index is -0.359. The number of carbonyl (C=O) groups is 2. The van der Waals surface area contributed by atoms with Crippen molar-refractivity contribution in [3.05, 3.63) is 17.3 Å². The van der Waals surface area contributed by atoms with Gasteiger partial charge in [0.2, 0.25) is 17.7 Å². The van der Waals surface area contributed by atoms with Crippen LogP contribution in [0.15, 0.2) is 4.42 Å². The smallest absolute Gasteiger partial charge is 0.245 e. The van der Waals surface area contributed by atoms with Crippen molar-refractivity contribution in [1.29, 1.82) is 0 Å². The Morgan fingerprint density at radius 3 is 2.70 bits per heavy atom. The highest BCUT2D eigenvalue weighted by atomic mass is 16.4. The van der Waals surface area contributed by atoms with Gasteiger partial charge in [0.1, 0.15) is 11.8 Å². The molecule has 3 rings (SSSR count). The van der Waals surface area contributed by atoms with E-state index in [9.17, 15) is 9.59 Å². The SMILES string of the molecule is Cc1nc(CN2CCC(=O)NC(C3CC3)C2=O)oc1C. The molecule has 1 aromatic rings. The number of amides is 2. The lowest BCUT2D eigenvalue weighted by Crippen LogP contribution is -2.45. The molecule has 2 aliphatic rings. The molecule has 1 saturated carbocycles.